The van der Waals surface area contributed by atoms with E-state index in [1.54, 1.807) is 91.0 Å². The molecule has 5 aromatic carbocycles. The number of rotatable bonds is 13. The molecule has 0 saturated carbocycles. The molecule has 0 radical (unpaired) electrons. The number of nitrogens with one attached hydrogen (secondary N) is 1. The van der Waals surface area contributed by atoms with Crippen LogP contribution in [0.2, 0.25) is 0 Å². The van der Waals surface area contributed by atoms with Crippen LogP contribution < -0.4 is 0 Å². The Morgan fingerprint density at radius 2 is 0.672 bits per heavy atom. The average molecular weight is 975 g/mol. The van der Waals surface area contributed by atoms with Crippen LogP contribution in [0.1, 0.15) is 65.6 Å². The van der Waals surface area contributed by atoms with Crippen molar-refractivity contribution in [3.63, 3.8) is 0 Å². The van der Waals surface area contributed by atoms with Crippen molar-refractivity contribution < 1.29 is 66.6 Å². The Bertz CT molecular complexity index is 2500. The quantitative estimate of drug-likeness (QED) is 0.0389. The van der Waals surface area contributed by atoms with Gasteiger partial charge in [0.2, 0.25) is 12.2 Å². The van der Waals surface area contributed by atoms with E-state index in [0.717, 1.165) is 0 Å². The van der Waals surface area contributed by atoms with Crippen molar-refractivity contribution >= 4 is 70.5 Å². The maximum atomic E-state index is 14.1. The molecule has 67 heavy (non-hydrogen) atoms. The van der Waals surface area contributed by atoms with Crippen LogP contribution in [-0.4, -0.2) is 101 Å². The zero-order chi connectivity index (χ0) is 47.7. The summed E-state index contributed by atoms with van der Waals surface area (Å²) in [4.78, 5) is 69.7. The van der Waals surface area contributed by atoms with Crippen molar-refractivity contribution in [1.29, 1.82) is 5.41 Å². The van der Waals surface area contributed by atoms with Gasteiger partial charge in [0.1, 0.15) is 6.10 Å². The lowest BCUT2D eigenvalue weighted by Crippen LogP contribution is -2.66. The monoisotopic (exact) mass is 973 g/mol. The van der Waals surface area contributed by atoms with E-state index in [9.17, 15) is 24.0 Å². The van der Waals surface area contributed by atoms with E-state index >= 15 is 0 Å². The van der Waals surface area contributed by atoms with Crippen molar-refractivity contribution in [2.24, 2.45) is 0 Å². The molecular formula is C49H42Cl3NO14. The van der Waals surface area contributed by atoms with Gasteiger partial charge in [0.05, 0.1) is 40.0 Å². The number of carbonyl (C=O) groups is 5. The van der Waals surface area contributed by atoms with Crippen LogP contribution in [0.4, 0.5) is 0 Å². The van der Waals surface area contributed by atoms with Crippen LogP contribution in [0.3, 0.4) is 0 Å². The van der Waals surface area contributed by atoms with Gasteiger partial charge in [0.25, 0.3) is 3.79 Å². The molecular weight excluding hydrogens is 933 g/mol. The second-order valence-corrected chi connectivity index (χ2v) is 17.4. The predicted molar refractivity (Wildman–Crippen MR) is 241 cm³/mol. The normalized spacial score (nSPS) is 24.8. The summed E-state index contributed by atoms with van der Waals surface area (Å²) >= 11 is 18.1. The van der Waals surface area contributed by atoms with Crippen LogP contribution in [0.5, 0.6) is 0 Å². The molecule has 2 aliphatic heterocycles. The Kier molecular flexibility index (Phi) is 15.9. The fraction of sp³-hybridized carbons (Fsp3) is 0.265. The maximum absolute atomic E-state index is 14.1. The van der Waals surface area contributed by atoms with E-state index in [-0.39, 0.29) is 27.8 Å². The first kappa shape index (κ1) is 48.6. The summed E-state index contributed by atoms with van der Waals surface area (Å²) in [6.45, 7) is 2.98. The number of esters is 5. The van der Waals surface area contributed by atoms with Crippen LogP contribution in [0.15, 0.2) is 152 Å². The predicted octanol–water partition coefficient (Wildman–Crippen LogP) is 8.35. The van der Waals surface area contributed by atoms with E-state index in [0.29, 0.717) is 0 Å². The van der Waals surface area contributed by atoms with E-state index in [4.69, 9.17) is 82.8 Å². The summed E-state index contributed by atoms with van der Waals surface area (Å²) in [5, 5.41) is 8.46. The standard InChI is InChI=1S/C49H42Cl3NO14/c1-28-35(61-41(54)30-18-8-3-9-19-30)37(63-43(56)32-22-12-5-13-23-32)39(64-44(57)33-24-14-6-15-25-33)46(59-28)66-38-36(62-42(55)31-20-10-4-11-21-31)29(2)60-47(67-48(53)49(50,51)52)40(38)65-45(58)34-26-16-7-17-27-34/h3-29,35-40,46-47,53H,1-2H3/t28-,29-,35-,36-,37+,38+,39+,40+,46-,47-/m0/s1. The molecule has 2 saturated heterocycles. The maximum Gasteiger partial charge on any atom is 0.338 e. The summed E-state index contributed by atoms with van der Waals surface area (Å²) in [7, 11) is 0. The smallest absolute Gasteiger partial charge is 0.338 e. The van der Waals surface area contributed by atoms with Gasteiger partial charge in [-0.3, -0.25) is 5.41 Å². The molecule has 2 aliphatic rings. The summed E-state index contributed by atoms with van der Waals surface area (Å²) < 4.78 is 53.1. The van der Waals surface area contributed by atoms with Crippen molar-refractivity contribution in [2.45, 2.75) is 79.1 Å². The summed E-state index contributed by atoms with van der Waals surface area (Å²) in [6.07, 6.45) is -16.1. The lowest BCUT2D eigenvalue weighted by Gasteiger charge is -2.48. The highest BCUT2D eigenvalue weighted by Crippen LogP contribution is 2.38. The minimum Gasteiger partial charge on any atom is -0.453 e. The Morgan fingerprint density at radius 1 is 0.403 bits per heavy atom. The molecule has 348 valence electrons. The van der Waals surface area contributed by atoms with Crippen LogP contribution in [-0.2, 0) is 42.6 Å². The third kappa shape index (κ3) is 12.2. The zero-order valence-electron chi connectivity index (χ0n) is 35.6. The van der Waals surface area contributed by atoms with Gasteiger partial charge in [-0.25, -0.2) is 24.0 Å². The summed E-state index contributed by atoms with van der Waals surface area (Å²) in [5.74, 6) is -5.42. The van der Waals surface area contributed by atoms with Crippen molar-refractivity contribution in [3.8, 4) is 0 Å². The van der Waals surface area contributed by atoms with E-state index < -0.39 is 101 Å². The van der Waals surface area contributed by atoms with Crippen molar-refractivity contribution in [2.75, 3.05) is 0 Å². The lowest BCUT2D eigenvalue weighted by molar-refractivity contribution is -0.345. The van der Waals surface area contributed by atoms with Gasteiger partial charge in [0, 0.05) is 0 Å². The van der Waals surface area contributed by atoms with Gasteiger partial charge < -0.3 is 42.6 Å². The number of hydrogen-bond acceptors (Lipinski definition) is 15. The molecule has 0 amide bonds. The van der Waals surface area contributed by atoms with Crippen LogP contribution >= 0.6 is 34.8 Å². The fourth-order valence-electron chi connectivity index (χ4n) is 7.18. The summed E-state index contributed by atoms with van der Waals surface area (Å²) in [5.41, 5.74) is 0.481. The molecule has 0 unspecified atom stereocenters. The average Bonchev–Trinajstić information content (AvgIpc) is 3.34. The van der Waals surface area contributed by atoms with Crippen LogP contribution in [0.25, 0.3) is 0 Å². The molecule has 15 nitrogen and oxygen atoms in total. The first-order valence-electron chi connectivity index (χ1n) is 20.8. The lowest BCUT2D eigenvalue weighted by atomic mass is 9.96. The minimum absolute atomic E-state index is 0.0566. The Morgan fingerprint density at radius 3 is 1.00 bits per heavy atom. The first-order chi connectivity index (χ1) is 32.2. The number of benzene rings is 5. The molecule has 5 aromatic rings. The largest absolute Gasteiger partial charge is 0.453 e. The first-order valence-corrected chi connectivity index (χ1v) is 21.9. The van der Waals surface area contributed by atoms with Gasteiger partial charge >= 0.3 is 29.8 Å². The van der Waals surface area contributed by atoms with Crippen molar-refractivity contribution in [3.05, 3.63) is 179 Å². The second kappa shape index (κ2) is 22.0. The van der Waals surface area contributed by atoms with Crippen molar-refractivity contribution in [1.82, 2.24) is 0 Å². The Balaban J connectivity index is 1.35. The molecule has 0 aliphatic carbocycles. The summed E-state index contributed by atoms with van der Waals surface area (Å²) in [6, 6.07) is 39.4. The van der Waals surface area contributed by atoms with E-state index in [2.05, 4.69) is 0 Å². The topological polar surface area (TPSA) is 192 Å². The Labute approximate surface area is 399 Å². The molecule has 7 rings (SSSR count). The Hall–Kier alpha value is -6.33. The number of hydrogen-bond donors (Lipinski definition) is 1. The molecule has 0 bridgehead atoms. The fourth-order valence-corrected chi connectivity index (χ4v) is 7.32. The molecule has 0 aromatic heterocycles. The molecule has 18 heteroatoms. The molecule has 2 heterocycles. The molecule has 10 atom stereocenters. The zero-order valence-corrected chi connectivity index (χ0v) is 37.8. The number of ether oxygens (including phenoxy) is 9. The van der Waals surface area contributed by atoms with Gasteiger partial charge in [-0.1, -0.05) is 126 Å². The third-order valence-corrected chi connectivity index (χ3v) is 11.0. The van der Waals surface area contributed by atoms with Gasteiger partial charge in [-0.15, -0.1) is 0 Å². The number of carbonyl (C=O) groups excluding carboxylic acids is 5. The minimum atomic E-state index is -2.44. The highest BCUT2D eigenvalue weighted by atomic mass is 35.6. The van der Waals surface area contributed by atoms with E-state index in [1.165, 1.54) is 74.5 Å². The highest BCUT2D eigenvalue weighted by Gasteiger charge is 2.57. The SMILES string of the molecule is C[C@@H]1O[C@@H](O[C@@H]2[C@@H](OC(=O)c3ccccc3)[C@H](C)O[C@@H](OC(=N)C(Cl)(Cl)Cl)[C@@H]2OC(=O)c2ccccc2)[C@H](OC(=O)c2ccccc2)[C@H](OC(=O)c2ccccc2)[C@H]1OC(=O)c1ccccc1. The molecule has 2 fully saturated rings. The highest BCUT2D eigenvalue weighted by molar-refractivity contribution is 6.76. The van der Waals surface area contributed by atoms with E-state index in [1.807, 2.05) is 0 Å². The van der Waals surface area contributed by atoms with Gasteiger partial charge in [-0.05, 0) is 74.5 Å². The third-order valence-electron chi connectivity index (χ3n) is 10.5. The van der Waals surface area contributed by atoms with Gasteiger partial charge in [0.15, 0.2) is 36.8 Å². The number of alkyl halides is 3. The second-order valence-electron chi connectivity index (χ2n) is 15.1. The molecule has 0 spiro atoms. The van der Waals surface area contributed by atoms with Gasteiger partial charge in [-0.2, -0.15) is 0 Å². The number of halogens is 3. The molecule has 1 N–H and O–H groups in total. The van der Waals surface area contributed by atoms with Crippen LogP contribution in [0, 0.1) is 5.41 Å².